The van der Waals surface area contributed by atoms with Crippen molar-refractivity contribution in [2.45, 2.75) is 146 Å². The van der Waals surface area contributed by atoms with E-state index in [1.807, 2.05) is 13.2 Å². The predicted molar refractivity (Wildman–Crippen MR) is 247 cm³/mol. The third-order valence-electron chi connectivity index (χ3n) is 14.6. The monoisotopic (exact) mass is 949 g/mol. The maximum Gasteiger partial charge on any atom is 0.246 e. The smallest absolute Gasteiger partial charge is 0.246 e. The molecule has 6 heterocycles. The summed E-state index contributed by atoms with van der Waals surface area (Å²) in [6, 6.07) is -1.51. The van der Waals surface area contributed by atoms with E-state index in [0.29, 0.717) is 88.5 Å². The van der Waals surface area contributed by atoms with E-state index in [0.717, 1.165) is 0 Å². The SMILES string of the molecule is CC[C@H](C)[C@@H]1NC(=O)[C@H](CCSC)NC(=O)[C@@H]2CCCN2C(=O)[C@@H]2CCCN2C(=O)[C@H](Cc2ccc(O)cc2)NC(=O)[C@@H]2CCCN2C(=O)[C@@H]2CCCN2C(=O)[C@@H]2CCCN2C(=O)CNC1=O. The molecule has 1 aromatic rings. The van der Waals surface area contributed by atoms with Crippen LogP contribution >= 0.6 is 11.8 Å². The molecule has 0 bridgehead atoms. The molecule has 9 amide bonds. The van der Waals surface area contributed by atoms with Crippen LogP contribution in [0.3, 0.4) is 0 Å². The zero-order valence-electron chi connectivity index (χ0n) is 38.9. The highest BCUT2D eigenvalue weighted by Gasteiger charge is 2.48. The van der Waals surface area contributed by atoms with Gasteiger partial charge in [-0.25, -0.2) is 0 Å². The Morgan fingerprint density at radius 3 is 1.54 bits per heavy atom. The van der Waals surface area contributed by atoms with Gasteiger partial charge in [-0.05, 0) is 106 Å². The summed E-state index contributed by atoms with van der Waals surface area (Å²) in [5.74, 6) is -4.22. The van der Waals surface area contributed by atoms with Gasteiger partial charge in [0, 0.05) is 39.1 Å². The molecule has 0 aliphatic carbocycles. The van der Waals surface area contributed by atoms with E-state index in [1.165, 1.54) is 48.4 Å². The fourth-order valence-corrected chi connectivity index (χ4v) is 11.2. The van der Waals surface area contributed by atoms with Gasteiger partial charge in [0.15, 0.2) is 0 Å². The van der Waals surface area contributed by atoms with E-state index in [9.17, 15) is 48.3 Å². The Hall–Kier alpha value is -5.40. The Morgan fingerprint density at radius 2 is 1.03 bits per heavy atom. The normalized spacial score (nSPS) is 30.3. The fourth-order valence-electron chi connectivity index (χ4n) is 10.7. The Bertz CT molecular complexity index is 2060. The van der Waals surface area contributed by atoms with Crippen LogP contribution in [0.25, 0.3) is 0 Å². The number of thioether (sulfide) groups is 1. The quantitative estimate of drug-likeness (QED) is 0.249. The minimum Gasteiger partial charge on any atom is -0.508 e. The Morgan fingerprint density at radius 1 is 0.582 bits per heavy atom. The summed E-state index contributed by atoms with van der Waals surface area (Å²) in [5.41, 5.74) is 0.639. The summed E-state index contributed by atoms with van der Waals surface area (Å²) in [4.78, 5) is 136. The van der Waals surface area contributed by atoms with Gasteiger partial charge in [-0.15, -0.1) is 0 Å². The highest BCUT2D eigenvalue weighted by Crippen LogP contribution is 2.30. The molecule has 19 nitrogen and oxygen atoms in total. The number of rotatable bonds is 7. The highest BCUT2D eigenvalue weighted by atomic mass is 32.2. The van der Waals surface area contributed by atoms with Crippen molar-refractivity contribution < 1.29 is 48.3 Å². The lowest BCUT2D eigenvalue weighted by molar-refractivity contribution is -0.151. The van der Waals surface area contributed by atoms with Gasteiger partial charge < -0.3 is 50.9 Å². The topological polar surface area (TPSA) is 238 Å². The summed E-state index contributed by atoms with van der Waals surface area (Å²) in [6.45, 7) is 4.57. The van der Waals surface area contributed by atoms with Crippen LogP contribution in [0.2, 0.25) is 0 Å². The molecule has 67 heavy (non-hydrogen) atoms. The second-order valence-corrected chi connectivity index (χ2v) is 19.9. The van der Waals surface area contributed by atoms with Gasteiger partial charge in [0.25, 0.3) is 0 Å². The maximum absolute atomic E-state index is 14.8. The van der Waals surface area contributed by atoms with Gasteiger partial charge in [-0.1, -0.05) is 32.4 Å². The number of carbonyl (C=O) groups excluding carboxylic acids is 9. The van der Waals surface area contributed by atoms with Crippen molar-refractivity contribution in [3.05, 3.63) is 29.8 Å². The zero-order valence-corrected chi connectivity index (χ0v) is 39.7. The van der Waals surface area contributed by atoms with Crippen LogP contribution in [0.15, 0.2) is 24.3 Å². The number of amides is 9. The number of nitrogens with one attached hydrogen (secondary N) is 4. The van der Waals surface area contributed by atoms with E-state index in [1.54, 1.807) is 19.1 Å². The first kappa shape index (κ1) is 49.5. The van der Waals surface area contributed by atoms with E-state index in [4.69, 9.17) is 0 Å². The first-order chi connectivity index (χ1) is 32.2. The molecule has 20 heteroatoms. The molecular formula is C47H67N9O10S. The lowest BCUT2D eigenvalue weighted by atomic mass is 9.97. The van der Waals surface area contributed by atoms with Crippen molar-refractivity contribution in [2.75, 3.05) is 51.3 Å². The van der Waals surface area contributed by atoms with Crippen LogP contribution in [-0.2, 0) is 49.6 Å². The molecule has 0 radical (unpaired) electrons. The van der Waals surface area contributed by atoms with Gasteiger partial charge in [-0.2, -0.15) is 11.8 Å². The fraction of sp³-hybridized carbons (Fsp3) is 0.681. The molecular weight excluding hydrogens is 883 g/mol. The van der Waals surface area contributed by atoms with Gasteiger partial charge in [-0.3, -0.25) is 43.2 Å². The van der Waals surface area contributed by atoms with Crippen molar-refractivity contribution in [3.63, 3.8) is 0 Å². The van der Waals surface area contributed by atoms with Crippen LogP contribution < -0.4 is 21.3 Å². The number of hydrogen-bond acceptors (Lipinski definition) is 11. The number of carbonyl (C=O) groups is 9. The standard InChI is InChI=1S/C47H67N9O10S/c1-4-28(2)39-43(62)48-27-38(58)52-20-7-12-35(52)45(64)56-24-9-14-37(56)47(66)54-22-6-11-34(54)42(61)50-32(26-29-15-17-30(57)18-16-29)44(63)55-23-8-13-36(55)46(65)53-21-5-10-33(53)41(60)49-31(19-25-67-3)40(59)51-39/h15-18,28,31-37,39,57H,4-14,19-27H2,1-3H3,(H,48,62)(H,49,60)(H,50,61)(H,51,59)/t28-,31-,32-,33-,34-,35-,36-,37-,39-/m0/s1. The number of nitrogens with zero attached hydrogens (tertiary/aromatic N) is 5. The van der Waals surface area contributed by atoms with Crippen molar-refractivity contribution in [3.8, 4) is 5.75 Å². The number of aromatic hydroxyl groups is 1. The summed E-state index contributed by atoms with van der Waals surface area (Å²) in [5, 5.41) is 21.4. The van der Waals surface area contributed by atoms with Crippen molar-refractivity contribution in [1.29, 1.82) is 0 Å². The molecule has 0 spiro atoms. The minimum atomic E-state index is -1.16. The average Bonchev–Trinajstić information content (AvgIpc) is 4.19. The largest absolute Gasteiger partial charge is 0.508 e. The Balaban J connectivity index is 1.21. The summed E-state index contributed by atoms with van der Waals surface area (Å²) in [7, 11) is 0. The van der Waals surface area contributed by atoms with Crippen LogP contribution in [0.5, 0.6) is 5.75 Å². The van der Waals surface area contributed by atoms with E-state index in [-0.39, 0.29) is 62.5 Å². The lowest BCUT2D eigenvalue weighted by Gasteiger charge is -2.35. The van der Waals surface area contributed by atoms with Gasteiger partial charge >= 0.3 is 0 Å². The number of phenols is 1. The molecule has 9 atom stereocenters. The van der Waals surface area contributed by atoms with E-state index >= 15 is 0 Å². The molecule has 1 aromatic carbocycles. The predicted octanol–water partition coefficient (Wildman–Crippen LogP) is 0.273. The minimum absolute atomic E-state index is 0.0224. The summed E-state index contributed by atoms with van der Waals surface area (Å²) < 4.78 is 0. The second-order valence-electron chi connectivity index (χ2n) is 18.9. The molecule has 6 aliphatic rings. The van der Waals surface area contributed by atoms with Crippen LogP contribution in [0, 0.1) is 5.92 Å². The second kappa shape index (κ2) is 22.1. The third kappa shape index (κ3) is 11.0. The summed E-state index contributed by atoms with van der Waals surface area (Å²) in [6.07, 6.45) is 7.00. The molecule has 0 saturated carbocycles. The zero-order chi connectivity index (χ0) is 47.9. The number of phenolic OH excluding ortho intramolecular Hbond substituents is 1. The number of fused-ring (bicyclic) bond motifs is 5. The first-order valence-electron chi connectivity index (χ1n) is 24.2. The van der Waals surface area contributed by atoms with Crippen LogP contribution in [-0.4, -0.2) is 182 Å². The molecule has 366 valence electrons. The third-order valence-corrected chi connectivity index (χ3v) is 15.3. The molecule has 6 aliphatic heterocycles. The molecule has 7 rings (SSSR count). The van der Waals surface area contributed by atoms with Crippen LogP contribution in [0.4, 0.5) is 0 Å². The van der Waals surface area contributed by atoms with Crippen molar-refractivity contribution in [1.82, 2.24) is 45.8 Å². The van der Waals surface area contributed by atoms with Gasteiger partial charge in [0.05, 0.1) is 6.54 Å². The number of hydrogen-bond donors (Lipinski definition) is 5. The van der Waals surface area contributed by atoms with Gasteiger partial charge in [0.2, 0.25) is 53.2 Å². The summed E-state index contributed by atoms with van der Waals surface area (Å²) >= 11 is 1.48. The first-order valence-corrected chi connectivity index (χ1v) is 25.6. The average molecular weight is 950 g/mol. The molecule has 5 N–H and O–H groups in total. The Labute approximate surface area is 396 Å². The maximum atomic E-state index is 14.8. The molecule has 6 saturated heterocycles. The van der Waals surface area contributed by atoms with E-state index < -0.39 is 96.2 Å². The van der Waals surface area contributed by atoms with E-state index in [2.05, 4.69) is 21.3 Å². The van der Waals surface area contributed by atoms with Crippen LogP contribution in [0.1, 0.15) is 96.5 Å². The van der Waals surface area contributed by atoms with Crippen molar-refractivity contribution >= 4 is 64.9 Å². The number of benzene rings is 1. The lowest BCUT2D eigenvalue weighted by Crippen LogP contribution is -2.60. The Kier molecular flexibility index (Phi) is 16.4. The molecule has 6 fully saturated rings. The van der Waals surface area contributed by atoms with Crippen molar-refractivity contribution in [2.24, 2.45) is 5.92 Å². The van der Waals surface area contributed by atoms with Gasteiger partial charge in [0.1, 0.15) is 54.1 Å². The highest BCUT2D eigenvalue weighted by molar-refractivity contribution is 7.98. The molecule has 0 unspecified atom stereocenters. The molecule has 0 aromatic heterocycles.